The third-order valence-corrected chi connectivity index (χ3v) is 8.82. The van der Waals surface area contributed by atoms with Crippen LogP contribution in [-0.2, 0) is 19.9 Å². The highest BCUT2D eigenvalue weighted by Crippen LogP contribution is 2.30. The maximum absolute atomic E-state index is 12.9. The van der Waals surface area contributed by atoms with Gasteiger partial charge in [-0.25, -0.2) is 16.8 Å². The van der Waals surface area contributed by atoms with Gasteiger partial charge in [0.05, 0.1) is 20.0 Å². The molecule has 0 saturated carbocycles. The van der Waals surface area contributed by atoms with Crippen molar-refractivity contribution in [1.82, 2.24) is 4.31 Å². The van der Waals surface area contributed by atoms with Gasteiger partial charge in [-0.3, -0.25) is 10.1 Å². The summed E-state index contributed by atoms with van der Waals surface area (Å²) < 4.78 is 52.5. The lowest BCUT2D eigenvalue weighted by atomic mass is 10.2. The third-order valence-electron chi connectivity index (χ3n) is 4.62. The van der Waals surface area contributed by atoms with Gasteiger partial charge in [-0.2, -0.15) is 4.31 Å². The van der Waals surface area contributed by atoms with E-state index in [-0.39, 0.29) is 35.0 Å². The van der Waals surface area contributed by atoms with Gasteiger partial charge in [-0.05, 0) is 31.0 Å². The minimum atomic E-state index is -4.04. The van der Waals surface area contributed by atoms with Crippen molar-refractivity contribution >= 4 is 25.5 Å². The van der Waals surface area contributed by atoms with E-state index in [1.54, 1.807) is 25.1 Å². The molecule has 8 nitrogen and oxygen atoms in total. The predicted octanol–water partition coefficient (Wildman–Crippen LogP) is 2.14. The van der Waals surface area contributed by atoms with Gasteiger partial charge in [0.25, 0.3) is 5.69 Å². The molecule has 1 fully saturated rings. The fraction of sp³-hybridized carbons (Fsp3) is 0.294. The Morgan fingerprint density at radius 3 is 2.37 bits per heavy atom. The average molecular weight is 410 g/mol. The van der Waals surface area contributed by atoms with Crippen LogP contribution in [0.25, 0.3) is 0 Å². The van der Waals surface area contributed by atoms with Crippen LogP contribution < -0.4 is 0 Å². The Bertz CT molecular complexity index is 1080. The van der Waals surface area contributed by atoms with Crippen LogP contribution in [0.1, 0.15) is 12.0 Å². The Morgan fingerprint density at radius 2 is 1.74 bits per heavy atom. The number of nitro benzene ring substituents is 1. The summed E-state index contributed by atoms with van der Waals surface area (Å²) in [6.07, 6.45) is 0.171. The quantitative estimate of drug-likeness (QED) is 0.551. The van der Waals surface area contributed by atoms with E-state index >= 15 is 0 Å². The Balaban J connectivity index is 1.91. The number of hydrogen-bond acceptors (Lipinski definition) is 6. The zero-order valence-corrected chi connectivity index (χ0v) is 16.1. The second-order valence-corrected chi connectivity index (χ2v) is 10.5. The number of hydrogen-bond donors (Lipinski definition) is 0. The zero-order chi connectivity index (χ0) is 19.8. The van der Waals surface area contributed by atoms with Crippen molar-refractivity contribution in [2.75, 3.05) is 13.1 Å². The number of non-ortho nitro benzene ring substituents is 1. The molecule has 3 rings (SSSR count). The summed E-state index contributed by atoms with van der Waals surface area (Å²) in [4.78, 5) is 10.3. The Kier molecular flexibility index (Phi) is 5.06. The molecule has 0 radical (unpaired) electrons. The number of benzene rings is 2. The molecular formula is C17H18N2O6S2. The molecule has 27 heavy (non-hydrogen) atoms. The predicted molar refractivity (Wildman–Crippen MR) is 98.6 cm³/mol. The van der Waals surface area contributed by atoms with Gasteiger partial charge in [-0.15, -0.1) is 0 Å². The number of nitrogens with zero attached hydrogens (tertiary/aromatic N) is 2. The Hall–Kier alpha value is -2.30. The van der Waals surface area contributed by atoms with Crippen molar-refractivity contribution < 1.29 is 21.8 Å². The van der Waals surface area contributed by atoms with Crippen LogP contribution in [0.3, 0.4) is 0 Å². The van der Waals surface area contributed by atoms with E-state index in [0.717, 1.165) is 10.4 Å². The molecule has 1 saturated heterocycles. The van der Waals surface area contributed by atoms with E-state index in [0.29, 0.717) is 5.56 Å². The van der Waals surface area contributed by atoms with E-state index in [1.165, 1.54) is 24.3 Å². The molecule has 2 aromatic carbocycles. The summed E-state index contributed by atoms with van der Waals surface area (Å²) in [6.45, 7) is 1.41. The van der Waals surface area contributed by atoms with Gasteiger partial charge in [-0.1, -0.05) is 24.3 Å². The first-order valence-corrected chi connectivity index (χ1v) is 11.2. The van der Waals surface area contributed by atoms with Crippen LogP contribution in [0.2, 0.25) is 0 Å². The van der Waals surface area contributed by atoms with Crippen LogP contribution in [0.15, 0.2) is 58.3 Å². The molecule has 1 heterocycles. The fourth-order valence-corrected chi connectivity index (χ4v) is 6.64. The van der Waals surface area contributed by atoms with Crippen LogP contribution in [0.4, 0.5) is 5.69 Å². The first-order chi connectivity index (χ1) is 12.6. The largest absolute Gasteiger partial charge is 0.270 e. The van der Waals surface area contributed by atoms with E-state index in [2.05, 4.69) is 0 Å². The Labute approximate surface area is 157 Å². The Morgan fingerprint density at radius 1 is 1.07 bits per heavy atom. The lowest BCUT2D eigenvalue weighted by Gasteiger charge is -2.18. The van der Waals surface area contributed by atoms with Gasteiger partial charge in [0.1, 0.15) is 0 Å². The smallest absolute Gasteiger partial charge is 0.258 e. The van der Waals surface area contributed by atoms with Crippen molar-refractivity contribution in [3.63, 3.8) is 0 Å². The number of nitro groups is 1. The summed E-state index contributed by atoms with van der Waals surface area (Å²) >= 11 is 0. The second-order valence-electron chi connectivity index (χ2n) is 6.34. The molecule has 10 heteroatoms. The van der Waals surface area contributed by atoms with E-state index in [1.807, 2.05) is 0 Å². The molecule has 144 valence electrons. The van der Waals surface area contributed by atoms with Crippen LogP contribution in [-0.4, -0.2) is 44.4 Å². The van der Waals surface area contributed by atoms with Gasteiger partial charge in [0.2, 0.25) is 10.0 Å². The molecule has 1 unspecified atom stereocenters. The minimum absolute atomic E-state index is 0.0429. The molecular weight excluding hydrogens is 392 g/mol. The van der Waals surface area contributed by atoms with Crippen molar-refractivity contribution in [2.24, 2.45) is 0 Å². The third kappa shape index (κ3) is 3.60. The first kappa shape index (κ1) is 19.5. The summed E-state index contributed by atoms with van der Waals surface area (Å²) in [5, 5.41) is 10.1. The topological polar surface area (TPSA) is 115 Å². The molecule has 0 aromatic heterocycles. The molecule has 1 atom stereocenters. The molecule has 0 spiro atoms. The van der Waals surface area contributed by atoms with Gasteiger partial charge in [0.15, 0.2) is 9.84 Å². The highest BCUT2D eigenvalue weighted by molar-refractivity contribution is 7.92. The molecule has 0 N–H and O–H groups in total. The minimum Gasteiger partial charge on any atom is -0.258 e. The highest BCUT2D eigenvalue weighted by Gasteiger charge is 2.40. The molecule has 1 aliphatic heterocycles. The van der Waals surface area contributed by atoms with Crippen molar-refractivity contribution in [1.29, 1.82) is 0 Å². The van der Waals surface area contributed by atoms with E-state index in [9.17, 15) is 26.9 Å². The molecule has 1 aliphatic rings. The maximum atomic E-state index is 12.9. The number of sulfone groups is 1. The SMILES string of the molecule is Cc1ccc([N+](=O)[O-])cc1S(=O)(=O)N1CCC(S(=O)(=O)c2ccccc2)C1. The lowest BCUT2D eigenvalue weighted by molar-refractivity contribution is -0.385. The summed E-state index contributed by atoms with van der Waals surface area (Å²) in [7, 11) is -7.70. The van der Waals surface area contributed by atoms with Crippen LogP contribution in [0, 0.1) is 17.0 Å². The van der Waals surface area contributed by atoms with Crippen molar-refractivity contribution in [3.8, 4) is 0 Å². The first-order valence-electron chi connectivity index (χ1n) is 8.18. The summed E-state index contributed by atoms with van der Waals surface area (Å²) in [5.74, 6) is 0. The lowest BCUT2D eigenvalue weighted by Crippen LogP contribution is -2.32. The van der Waals surface area contributed by atoms with E-state index < -0.39 is 30.0 Å². The summed E-state index contributed by atoms with van der Waals surface area (Å²) in [6, 6.07) is 11.5. The fourth-order valence-electron chi connectivity index (χ4n) is 3.09. The highest BCUT2D eigenvalue weighted by atomic mass is 32.2. The number of sulfonamides is 1. The molecule has 0 bridgehead atoms. The van der Waals surface area contributed by atoms with Gasteiger partial charge in [0, 0.05) is 25.2 Å². The van der Waals surface area contributed by atoms with Crippen molar-refractivity contribution in [3.05, 3.63) is 64.2 Å². The van der Waals surface area contributed by atoms with Crippen molar-refractivity contribution in [2.45, 2.75) is 28.4 Å². The molecule has 0 amide bonds. The standard InChI is InChI=1S/C17H18N2O6S2/c1-13-7-8-14(19(20)21)11-17(13)27(24,25)18-10-9-16(12-18)26(22,23)15-5-3-2-4-6-15/h2-8,11,16H,9-10,12H2,1H3. The van der Waals surface area contributed by atoms with E-state index in [4.69, 9.17) is 0 Å². The van der Waals surface area contributed by atoms with Crippen LogP contribution >= 0.6 is 0 Å². The average Bonchev–Trinajstić information content (AvgIpc) is 3.14. The number of aryl methyl sites for hydroxylation is 1. The normalized spacial score (nSPS) is 18.5. The maximum Gasteiger partial charge on any atom is 0.270 e. The zero-order valence-electron chi connectivity index (χ0n) is 14.5. The molecule has 0 aliphatic carbocycles. The van der Waals surface area contributed by atoms with Gasteiger partial charge >= 0.3 is 0 Å². The molecule has 2 aromatic rings. The monoisotopic (exact) mass is 410 g/mol. The van der Waals surface area contributed by atoms with Crippen LogP contribution in [0.5, 0.6) is 0 Å². The van der Waals surface area contributed by atoms with Gasteiger partial charge < -0.3 is 0 Å². The summed E-state index contributed by atoms with van der Waals surface area (Å²) in [5.41, 5.74) is 0.0433. The number of rotatable bonds is 5. The second kappa shape index (κ2) is 7.02.